The molecule has 37 heavy (non-hydrogen) atoms. The smallest absolute Gasteiger partial charge is 0.261 e. The Morgan fingerprint density at radius 3 is 2.38 bits per heavy atom. The van der Waals surface area contributed by atoms with Crippen LogP contribution in [-0.2, 0) is 16.6 Å². The van der Waals surface area contributed by atoms with Crippen LogP contribution in [0.5, 0.6) is 11.5 Å². The van der Waals surface area contributed by atoms with Gasteiger partial charge in [0.1, 0.15) is 17.3 Å². The Hall–Kier alpha value is -3.11. The lowest BCUT2D eigenvalue weighted by molar-refractivity contribution is 0.0951. The number of halogens is 4. The highest BCUT2D eigenvalue weighted by atomic mass is 79.9. The topological polar surface area (TPSA) is 84.5 Å². The van der Waals surface area contributed by atoms with Crippen molar-refractivity contribution in [2.45, 2.75) is 11.4 Å². The van der Waals surface area contributed by atoms with Crippen LogP contribution in [0, 0.1) is 5.82 Å². The third-order valence-corrected chi connectivity index (χ3v) is 7.55. The van der Waals surface area contributed by atoms with Crippen molar-refractivity contribution >= 4 is 60.7 Å². The van der Waals surface area contributed by atoms with Gasteiger partial charge in [0.25, 0.3) is 15.9 Å². The minimum atomic E-state index is -4.08. The molecule has 1 amide bonds. The highest BCUT2D eigenvalue weighted by Crippen LogP contribution is 2.30. The molecule has 0 aromatic heterocycles. The predicted molar refractivity (Wildman–Crippen MR) is 145 cm³/mol. The molecule has 0 fully saturated rings. The van der Waals surface area contributed by atoms with Gasteiger partial charge in [-0.15, -0.1) is 0 Å². The highest BCUT2D eigenvalue weighted by Gasteiger charge is 2.20. The number of benzene rings is 4. The minimum absolute atomic E-state index is 0.00886. The van der Waals surface area contributed by atoms with E-state index in [1.54, 1.807) is 30.3 Å². The second kappa shape index (κ2) is 11.5. The van der Waals surface area contributed by atoms with E-state index >= 15 is 0 Å². The van der Waals surface area contributed by atoms with Gasteiger partial charge in [-0.1, -0.05) is 57.3 Å². The van der Waals surface area contributed by atoms with E-state index in [9.17, 15) is 17.6 Å². The van der Waals surface area contributed by atoms with Gasteiger partial charge in [0.05, 0.1) is 21.2 Å². The van der Waals surface area contributed by atoms with Gasteiger partial charge in [0.2, 0.25) is 0 Å². The summed E-state index contributed by atoms with van der Waals surface area (Å²) in [5, 5.41) is 3.23. The minimum Gasteiger partial charge on any atom is -0.456 e. The number of carbonyl (C=O) groups excluding carboxylic acids is 1. The molecule has 0 aliphatic heterocycles. The lowest BCUT2D eigenvalue weighted by atomic mass is 10.1. The second-order valence-electron chi connectivity index (χ2n) is 7.72. The van der Waals surface area contributed by atoms with Gasteiger partial charge in [-0.2, -0.15) is 0 Å². The Balaban J connectivity index is 1.51. The average Bonchev–Trinajstić information content (AvgIpc) is 2.86. The summed E-state index contributed by atoms with van der Waals surface area (Å²) in [6.07, 6.45) is 0. The number of anilines is 1. The number of hydrogen-bond acceptors (Lipinski definition) is 4. The third-order valence-electron chi connectivity index (χ3n) is 5.12. The van der Waals surface area contributed by atoms with Crippen molar-refractivity contribution in [3.8, 4) is 11.5 Å². The first-order valence-corrected chi connectivity index (χ1v) is 13.7. The van der Waals surface area contributed by atoms with Crippen molar-refractivity contribution in [3.05, 3.63) is 116 Å². The van der Waals surface area contributed by atoms with Crippen LogP contribution in [0.25, 0.3) is 0 Å². The fraction of sp³-hybridized carbons (Fsp3) is 0.0385. The van der Waals surface area contributed by atoms with Crippen LogP contribution in [0.1, 0.15) is 15.9 Å². The quantitative estimate of drug-likeness (QED) is 0.214. The summed E-state index contributed by atoms with van der Waals surface area (Å²) in [6, 6.07) is 21.2. The van der Waals surface area contributed by atoms with Gasteiger partial charge >= 0.3 is 0 Å². The maximum Gasteiger partial charge on any atom is 0.261 e. The Kier molecular flexibility index (Phi) is 8.39. The lowest BCUT2D eigenvalue weighted by Crippen LogP contribution is -2.25. The molecule has 190 valence electrons. The van der Waals surface area contributed by atoms with Gasteiger partial charge in [-0.3, -0.25) is 9.52 Å². The van der Waals surface area contributed by atoms with Crippen LogP contribution in [0.3, 0.4) is 0 Å². The maximum atomic E-state index is 14.1. The number of nitrogens with one attached hydrogen (secondary N) is 2. The first kappa shape index (κ1) is 26.9. The standard InChI is InChI=1S/C26H18BrCl2FN2O4S/c27-17-6-5-16(23(30)13-17)15-31-26(33)21-14-18(28)7-12-24(21)32-37(34,35)20-10-8-19(9-11-20)36-25-4-2-1-3-22(25)29/h1-14,32H,15H2,(H,31,33). The van der Waals surface area contributed by atoms with E-state index in [-0.39, 0.29) is 33.3 Å². The number of sulfonamides is 1. The van der Waals surface area contributed by atoms with Crippen LogP contribution in [0.4, 0.5) is 10.1 Å². The zero-order valence-corrected chi connectivity index (χ0v) is 22.8. The van der Waals surface area contributed by atoms with Crippen LogP contribution in [0.15, 0.2) is 94.3 Å². The predicted octanol–water partition coefficient (Wildman–Crippen LogP) is 7.42. The van der Waals surface area contributed by atoms with Crippen LogP contribution in [-0.4, -0.2) is 14.3 Å². The third kappa shape index (κ3) is 6.81. The van der Waals surface area contributed by atoms with E-state index in [2.05, 4.69) is 26.0 Å². The molecule has 0 unspecified atom stereocenters. The maximum absolute atomic E-state index is 14.1. The van der Waals surface area contributed by atoms with E-state index in [0.29, 0.717) is 21.0 Å². The summed E-state index contributed by atoms with van der Waals surface area (Å²) in [6.45, 7) is -0.108. The summed E-state index contributed by atoms with van der Waals surface area (Å²) in [4.78, 5) is 12.8. The largest absolute Gasteiger partial charge is 0.456 e. The van der Waals surface area contributed by atoms with E-state index in [1.165, 1.54) is 54.6 Å². The number of hydrogen-bond donors (Lipinski definition) is 2. The molecule has 0 aliphatic rings. The second-order valence-corrected chi connectivity index (χ2v) is 11.2. The van der Waals surface area contributed by atoms with Gasteiger partial charge in [-0.05, 0) is 66.7 Å². The Morgan fingerprint density at radius 2 is 1.68 bits per heavy atom. The molecule has 4 aromatic rings. The van der Waals surface area contributed by atoms with Crippen LogP contribution < -0.4 is 14.8 Å². The number of para-hydroxylation sites is 1. The van der Waals surface area contributed by atoms with Crippen molar-refractivity contribution < 1.29 is 22.3 Å². The molecule has 11 heteroatoms. The molecule has 0 aliphatic carbocycles. The molecule has 0 bridgehead atoms. The van der Waals surface area contributed by atoms with Crippen molar-refractivity contribution in [2.24, 2.45) is 0 Å². The normalized spacial score (nSPS) is 11.1. The number of amides is 1. The van der Waals surface area contributed by atoms with Gasteiger partial charge in [-0.25, -0.2) is 12.8 Å². The summed E-state index contributed by atoms with van der Waals surface area (Å²) in [7, 11) is -4.08. The fourth-order valence-corrected chi connectivity index (χ4v) is 5.03. The molecule has 0 heterocycles. The van der Waals surface area contributed by atoms with E-state index in [1.807, 2.05) is 0 Å². The van der Waals surface area contributed by atoms with Gasteiger partial charge in [0, 0.05) is 21.6 Å². The van der Waals surface area contributed by atoms with Crippen molar-refractivity contribution in [1.29, 1.82) is 0 Å². The number of rotatable bonds is 8. The zero-order chi connectivity index (χ0) is 26.6. The van der Waals surface area contributed by atoms with Crippen molar-refractivity contribution in [3.63, 3.8) is 0 Å². The monoisotopic (exact) mass is 622 g/mol. The molecular formula is C26H18BrCl2FN2O4S. The SMILES string of the molecule is O=C(NCc1ccc(Br)cc1F)c1cc(Cl)ccc1NS(=O)(=O)c1ccc(Oc2ccccc2Cl)cc1. The average molecular weight is 624 g/mol. The van der Waals surface area contributed by atoms with Crippen LogP contribution >= 0.6 is 39.1 Å². The Bertz CT molecular complexity index is 1570. The number of carbonyl (C=O) groups is 1. The van der Waals surface area contributed by atoms with Gasteiger partial charge < -0.3 is 10.1 Å². The van der Waals surface area contributed by atoms with Crippen molar-refractivity contribution in [1.82, 2.24) is 5.32 Å². The zero-order valence-electron chi connectivity index (χ0n) is 18.8. The first-order chi connectivity index (χ1) is 17.6. The molecule has 0 radical (unpaired) electrons. The van der Waals surface area contributed by atoms with E-state index < -0.39 is 21.7 Å². The molecule has 0 saturated carbocycles. The molecular weight excluding hydrogens is 606 g/mol. The molecule has 0 saturated heterocycles. The highest BCUT2D eigenvalue weighted by molar-refractivity contribution is 9.10. The van der Waals surface area contributed by atoms with Crippen LogP contribution in [0.2, 0.25) is 10.0 Å². The molecule has 4 rings (SSSR count). The Morgan fingerprint density at radius 1 is 0.946 bits per heavy atom. The summed E-state index contributed by atoms with van der Waals surface area (Å²) in [5.41, 5.74) is 0.252. The van der Waals surface area contributed by atoms with Crippen molar-refractivity contribution in [2.75, 3.05) is 4.72 Å². The number of ether oxygens (including phenoxy) is 1. The Labute approximate surface area is 231 Å². The fourth-order valence-electron chi connectivity index (χ4n) is 3.27. The lowest BCUT2D eigenvalue weighted by Gasteiger charge is -2.14. The van der Waals surface area contributed by atoms with E-state index in [4.69, 9.17) is 27.9 Å². The first-order valence-electron chi connectivity index (χ1n) is 10.7. The molecule has 6 nitrogen and oxygen atoms in total. The summed E-state index contributed by atoms with van der Waals surface area (Å²) < 4.78 is 48.9. The van der Waals surface area contributed by atoms with Gasteiger partial charge in [0.15, 0.2) is 0 Å². The molecule has 0 atom stereocenters. The summed E-state index contributed by atoms with van der Waals surface area (Å²) in [5.74, 6) is -0.314. The van der Waals surface area contributed by atoms with E-state index in [0.717, 1.165) is 0 Å². The summed E-state index contributed by atoms with van der Waals surface area (Å²) >= 11 is 15.3. The molecule has 2 N–H and O–H groups in total. The molecule has 0 spiro atoms. The molecule has 4 aromatic carbocycles.